The minimum atomic E-state index is 0.262. The van der Waals surface area contributed by atoms with Crippen LogP contribution in [0.2, 0.25) is 0 Å². The second-order valence-electron chi connectivity index (χ2n) is 5.69. The van der Waals surface area contributed by atoms with E-state index in [1.807, 2.05) is 0 Å². The van der Waals surface area contributed by atoms with E-state index in [0.29, 0.717) is 6.42 Å². The van der Waals surface area contributed by atoms with Crippen LogP contribution >= 0.6 is 0 Å². The van der Waals surface area contributed by atoms with Gasteiger partial charge in [0.2, 0.25) is 0 Å². The molecule has 2 aromatic rings. The van der Waals surface area contributed by atoms with E-state index >= 15 is 0 Å². The Morgan fingerprint density at radius 3 is 2.50 bits per heavy atom. The lowest BCUT2D eigenvalue weighted by molar-refractivity contribution is -0.117. The van der Waals surface area contributed by atoms with Crippen LogP contribution in [0, 0.1) is 6.92 Å². The van der Waals surface area contributed by atoms with Crippen molar-refractivity contribution >= 4 is 16.6 Å². The van der Waals surface area contributed by atoms with Crippen LogP contribution in [0.3, 0.4) is 0 Å². The van der Waals surface area contributed by atoms with Crippen LogP contribution in [0.25, 0.3) is 10.8 Å². The molecule has 0 amide bonds. The number of hydrogen-bond acceptors (Lipinski definition) is 2. The SMILES string of the molecule is CC(=O)CCN(C)CCc1ccc2cc(C)ccc2c1. The molecular formula is C18H23NO. The number of ketones is 1. The van der Waals surface area contributed by atoms with Gasteiger partial charge in [0.1, 0.15) is 5.78 Å². The van der Waals surface area contributed by atoms with Gasteiger partial charge in [-0.3, -0.25) is 4.79 Å². The van der Waals surface area contributed by atoms with Crippen molar-refractivity contribution in [2.75, 3.05) is 20.1 Å². The molecule has 0 aromatic heterocycles. The number of carbonyl (C=O) groups is 1. The maximum Gasteiger partial charge on any atom is 0.131 e. The summed E-state index contributed by atoms with van der Waals surface area (Å²) < 4.78 is 0. The molecule has 106 valence electrons. The molecule has 0 saturated carbocycles. The fourth-order valence-electron chi connectivity index (χ4n) is 2.35. The molecule has 0 atom stereocenters. The highest BCUT2D eigenvalue weighted by Crippen LogP contribution is 2.18. The topological polar surface area (TPSA) is 20.3 Å². The third-order valence-electron chi connectivity index (χ3n) is 3.69. The Morgan fingerprint density at radius 2 is 1.75 bits per heavy atom. The molecule has 0 saturated heterocycles. The second kappa shape index (κ2) is 6.67. The zero-order valence-electron chi connectivity index (χ0n) is 12.6. The number of Topliss-reactive ketones (excluding diaryl/α,β-unsaturated/α-hetero) is 1. The van der Waals surface area contributed by atoms with Crippen molar-refractivity contribution in [3.63, 3.8) is 0 Å². The normalized spacial score (nSPS) is 11.2. The Morgan fingerprint density at radius 1 is 1.05 bits per heavy atom. The van der Waals surface area contributed by atoms with Gasteiger partial charge >= 0.3 is 0 Å². The van der Waals surface area contributed by atoms with Gasteiger partial charge in [-0.2, -0.15) is 0 Å². The van der Waals surface area contributed by atoms with Gasteiger partial charge in [-0.15, -0.1) is 0 Å². The predicted octanol–water partition coefficient (Wildman–Crippen LogP) is 3.60. The van der Waals surface area contributed by atoms with Crippen molar-refractivity contribution in [2.45, 2.75) is 26.7 Å². The highest BCUT2D eigenvalue weighted by Gasteiger charge is 2.02. The number of likely N-dealkylation sites (N-methyl/N-ethyl adjacent to an activating group) is 1. The molecule has 0 fully saturated rings. The van der Waals surface area contributed by atoms with E-state index < -0.39 is 0 Å². The summed E-state index contributed by atoms with van der Waals surface area (Å²) in [6.45, 7) is 5.61. The fraction of sp³-hybridized carbons (Fsp3) is 0.389. The maximum atomic E-state index is 11.0. The standard InChI is InChI=1S/C18H23NO/c1-14-4-6-18-13-16(5-7-17(18)12-14)9-11-19(3)10-8-15(2)20/h4-7,12-13H,8-11H2,1-3H3. The summed E-state index contributed by atoms with van der Waals surface area (Å²) in [5.74, 6) is 0.262. The monoisotopic (exact) mass is 269 g/mol. The Bertz CT molecular complexity index is 603. The fourth-order valence-corrected chi connectivity index (χ4v) is 2.35. The number of aryl methyl sites for hydroxylation is 1. The molecule has 0 radical (unpaired) electrons. The van der Waals surface area contributed by atoms with E-state index in [0.717, 1.165) is 19.5 Å². The zero-order valence-corrected chi connectivity index (χ0v) is 12.6. The number of benzene rings is 2. The van der Waals surface area contributed by atoms with Crippen molar-refractivity contribution < 1.29 is 4.79 Å². The largest absolute Gasteiger partial charge is 0.306 e. The molecule has 0 spiro atoms. The summed E-state index contributed by atoms with van der Waals surface area (Å²) in [6.07, 6.45) is 1.67. The molecule has 0 aliphatic carbocycles. The zero-order chi connectivity index (χ0) is 14.5. The van der Waals surface area contributed by atoms with Crippen LogP contribution in [-0.2, 0) is 11.2 Å². The van der Waals surface area contributed by atoms with Crippen molar-refractivity contribution in [3.8, 4) is 0 Å². The van der Waals surface area contributed by atoms with Crippen LogP contribution in [0.15, 0.2) is 36.4 Å². The highest BCUT2D eigenvalue weighted by molar-refractivity contribution is 5.83. The van der Waals surface area contributed by atoms with Crippen LogP contribution in [-0.4, -0.2) is 30.8 Å². The number of nitrogens with zero attached hydrogens (tertiary/aromatic N) is 1. The van der Waals surface area contributed by atoms with Crippen molar-refractivity contribution in [1.29, 1.82) is 0 Å². The van der Waals surface area contributed by atoms with Gasteiger partial charge in [0.05, 0.1) is 0 Å². The summed E-state index contributed by atoms with van der Waals surface area (Å²) in [5.41, 5.74) is 2.66. The van der Waals surface area contributed by atoms with Gasteiger partial charge in [0.25, 0.3) is 0 Å². The van der Waals surface area contributed by atoms with Gasteiger partial charge in [0, 0.05) is 19.5 Å². The third-order valence-corrected chi connectivity index (χ3v) is 3.69. The summed E-state index contributed by atoms with van der Waals surface area (Å²) >= 11 is 0. The van der Waals surface area contributed by atoms with E-state index in [-0.39, 0.29) is 5.78 Å². The Kier molecular flexibility index (Phi) is 4.91. The average Bonchev–Trinajstić information content (AvgIpc) is 2.42. The molecule has 0 unspecified atom stereocenters. The minimum Gasteiger partial charge on any atom is -0.306 e. The quantitative estimate of drug-likeness (QED) is 0.798. The van der Waals surface area contributed by atoms with E-state index in [1.165, 1.54) is 21.9 Å². The van der Waals surface area contributed by atoms with Gasteiger partial charge in [-0.1, -0.05) is 42.0 Å². The van der Waals surface area contributed by atoms with E-state index in [4.69, 9.17) is 0 Å². The van der Waals surface area contributed by atoms with E-state index in [1.54, 1.807) is 6.92 Å². The second-order valence-corrected chi connectivity index (χ2v) is 5.69. The van der Waals surface area contributed by atoms with Crippen LogP contribution in [0.5, 0.6) is 0 Å². The molecule has 0 aliphatic heterocycles. The number of rotatable bonds is 6. The predicted molar refractivity (Wildman–Crippen MR) is 85.2 cm³/mol. The molecule has 2 nitrogen and oxygen atoms in total. The van der Waals surface area contributed by atoms with Gasteiger partial charge in [-0.05, 0) is 43.7 Å². The lowest BCUT2D eigenvalue weighted by atomic mass is 10.0. The number of carbonyl (C=O) groups excluding carboxylic acids is 1. The smallest absolute Gasteiger partial charge is 0.131 e. The molecule has 0 bridgehead atoms. The number of hydrogen-bond donors (Lipinski definition) is 0. The Hall–Kier alpha value is -1.67. The van der Waals surface area contributed by atoms with Crippen LogP contribution < -0.4 is 0 Å². The van der Waals surface area contributed by atoms with Gasteiger partial charge in [0.15, 0.2) is 0 Å². The van der Waals surface area contributed by atoms with E-state index in [9.17, 15) is 4.79 Å². The Labute approximate surface area is 121 Å². The first-order valence-electron chi connectivity index (χ1n) is 7.22. The summed E-state index contributed by atoms with van der Waals surface area (Å²) in [7, 11) is 2.08. The maximum absolute atomic E-state index is 11.0. The molecule has 2 rings (SSSR count). The van der Waals surface area contributed by atoms with Gasteiger partial charge in [-0.25, -0.2) is 0 Å². The molecule has 2 heteroatoms. The molecule has 0 heterocycles. The molecule has 0 aliphatic rings. The third kappa shape index (κ3) is 4.17. The molecular weight excluding hydrogens is 246 g/mol. The lowest BCUT2D eigenvalue weighted by Gasteiger charge is -2.15. The molecule has 0 N–H and O–H groups in total. The van der Waals surface area contributed by atoms with Gasteiger partial charge < -0.3 is 4.90 Å². The lowest BCUT2D eigenvalue weighted by Crippen LogP contribution is -2.23. The summed E-state index contributed by atoms with van der Waals surface area (Å²) in [6, 6.07) is 13.2. The summed E-state index contributed by atoms with van der Waals surface area (Å²) in [5, 5.41) is 2.61. The van der Waals surface area contributed by atoms with E-state index in [2.05, 4.69) is 55.3 Å². The minimum absolute atomic E-state index is 0.262. The van der Waals surface area contributed by atoms with Crippen molar-refractivity contribution in [1.82, 2.24) is 4.90 Å². The first kappa shape index (κ1) is 14.7. The molecule has 2 aromatic carbocycles. The first-order valence-corrected chi connectivity index (χ1v) is 7.22. The van der Waals surface area contributed by atoms with Crippen molar-refractivity contribution in [3.05, 3.63) is 47.5 Å². The van der Waals surface area contributed by atoms with Crippen molar-refractivity contribution in [2.24, 2.45) is 0 Å². The van der Waals surface area contributed by atoms with Crippen LogP contribution in [0.1, 0.15) is 24.5 Å². The molecule has 20 heavy (non-hydrogen) atoms. The highest BCUT2D eigenvalue weighted by atomic mass is 16.1. The number of fused-ring (bicyclic) bond motifs is 1. The first-order chi connectivity index (χ1) is 9.54. The Balaban J connectivity index is 1.96. The average molecular weight is 269 g/mol. The van der Waals surface area contributed by atoms with Crippen LogP contribution in [0.4, 0.5) is 0 Å². The summed E-state index contributed by atoms with van der Waals surface area (Å²) in [4.78, 5) is 13.2.